The summed E-state index contributed by atoms with van der Waals surface area (Å²) >= 11 is 3.19. The molecule has 0 saturated heterocycles. The molecule has 0 aliphatic rings. The molecular weight excluding hydrogens is 373 g/mol. The van der Waals surface area contributed by atoms with Crippen LogP contribution in [0.4, 0.5) is 4.39 Å². The number of hydrogen-bond acceptors (Lipinski definition) is 2. The van der Waals surface area contributed by atoms with Gasteiger partial charge in [-0.3, -0.25) is 4.79 Å². The zero-order valence-corrected chi connectivity index (χ0v) is 14.8. The number of amides is 1. The lowest BCUT2D eigenvalue weighted by molar-refractivity contribution is 0.0952. The second-order valence-corrected chi connectivity index (χ2v) is 6.48. The number of imidazole rings is 1. The smallest absolute Gasteiger partial charge is 0.251 e. The van der Waals surface area contributed by atoms with E-state index in [1.54, 1.807) is 6.07 Å². The van der Waals surface area contributed by atoms with Crippen molar-refractivity contribution in [3.05, 3.63) is 64.1 Å². The number of nitrogens with one attached hydrogen (secondary N) is 1. The predicted molar refractivity (Wildman–Crippen MR) is 95.5 cm³/mol. The Hall–Kier alpha value is -2.21. The van der Waals surface area contributed by atoms with Gasteiger partial charge in [-0.2, -0.15) is 0 Å². The van der Waals surface area contributed by atoms with Crippen molar-refractivity contribution >= 4 is 32.9 Å². The number of rotatable bonds is 5. The molecular formula is C18H17BrFN3O. The molecule has 0 aliphatic heterocycles. The standard InChI is InChI=1S/C18H17BrFN3O/c1-12-22-16-5-2-3-6-17(16)23(12)8-4-7-21-18(24)13-9-14(19)11-15(20)10-13/h2-3,5-6,9-11H,4,7-8H2,1H3,(H,21,24). The van der Waals surface area contributed by atoms with Crippen LogP contribution in [0.5, 0.6) is 0 Å². The van der Waals surface area contributed by atoms with E-state index in [2.05, 4.69) is 30.8 Å². The molecule has 0 radical (unpaired) electrons. The number of benzene rings is 2. The second-order valence-electron chi connectivity index (χ2n) is 5.57. The average Bonchev–Trinajstić information content (AvgIpc) is 2.86. The van der Waals surface area contributed by atoms with Gasteiger partial charge in [-0.1, -0.05) is 28.1 Å². The van der Waals surface area contributed by atoms with Crippen LogP contribution in [0.3, 0.4) is 0 Å². The molecule has 124 valence electrons. The lowest BCUT2D eigenvalue weighted by Gasteiger charge is -2.09. The number of carbonyl (C=O) groups excluding carboxylic acids is 1. The number of halogens is 2. The van der Waals surface area contributed by atoms with Gasteiger partial charge in [0.2, 0.25) is 0 Å². The van der Waals surface area contributed by atoms with Gasteiger partial charge < -0.3 is 9.88 Å². The number of carbonyl (C=O) groups is 1. The SMILES string of the molecule is Cc1nc2ccccc2n1CCCNC(=O)c1cc(F)cc(Br)c1. The van der Waals surface area contributed by atoms with Crippen LogP contribution >= 0.6 is 15.9 Å². The highest BCUT2D eigenvalue weighted by Crippen LogP contribution is 2.16. The third kappa shape index (κ3) is 3.64. The Bertz CT molecular complexity index is 871. The molecule has 2 aromatic carbocycles. The van der Waals surface area contributed by atoms with Crippen LogP contribution in [-0.4, -0.2) is 22.0 Å². The minimum Gasteiger partial charge on any atom is -0.352 e. The molecule has 6 heteroatoms. The van der Waals surface area contributed by atoms with Crippen molar-refractivity contribution in [2.24, 2.45) is 0 Å². The summed E-state index contributed by atoms with van der Waals surface area (Å²) < 4.78 is 16.0. The maximum absolute atomic E-state index is 13.3. The van der Waals surface area contributed by atoms with Crippen molar-refractivity contribution in [1.82, 2.24) is 14.9 Å². The number of nitrogens with zero attached hydrogens (tertiary/aromatic N) is 2. The molecule has 1 aromatic heterocycles. The van der Waals surface area contributed by atoms with E-state index >= 15 is 0 Å². The zero-order chi connectivity index (χ0) is 17.1. The van der Waals surface area contributed by atoms with Gasteiger partial charge in [0.05, 0.1) is 11.0 Å². The molecule has 0 saturated carbocycles. The Morgan fingerprint density at radius 3 is 2.88 bits per heavy atom. The normalized spacial score (nSPS) is 11.0. The summed E-state index contributed by atoms with van der Waals surface area (Å²) in [6.07, 6.45) is 0.767. The topological polar surface area (TPSA) is 46.9 Å². The number of aromatic nitrogens is 2. The van der Waals surface area contributed by atoms with Gasteiger partial charge in [0.25, 0.3) is 5.91 Å². The molecule has 0 spiro atoms. The third-order valence-corrected chi connectivity index (χ3v) is 4.27. The first-order valence-electron chi connectivity index (χ1n) is 7.71. The lowest BCUT2D eigenvalue weighted by Crippen LogP contribution is -2.25. The van der Waals surface area contributed by atoms with Gasteiger partial charge in [-0.05, 0) is 43.7 Å². The number of hydrogen-bond donors (Lipinski definition) is 1. The summed E-state index contributed by atoms with van der Waals surface area (Å²) in [4.78, 5) is 16.6. The number of para-hydroxylation sites is 2. The molecule has 0 unspecified atom stereocenters. The maximum Gasteiger partial charge on any atom is 0.251 e. The van der Waals surface area contributed by atoms with Crippen LogP contribution in [0, 0.1) is 12.7 Å². The molecule has 0 fully saturated rings. The summed E-state index contributed by atoms with van der Waals surface area (Å²) in [6, 6.07) is 12.1. The van der Waals surface area contributed by atoms with Crippen molar-refractivity contribution < 1.29 is 9.18 Å². The Morgan fingerprint density at radius 1 is 1.29 bits per heavy atom. The fourth-order valence-electron chi connectivity index (χ4n) is 2.70. The van der Waals surface area contributed by atoms with Gasteiger partial charge >= 0.3 is 0 Å². The van der Waals surface area contributed by atoms with Crippen molar-refractivity contribution in [2.45, 2.75) is 19.9 Å². The van der Waals surface area contributed by atoms with Gasteiger partial charge in [-0.15, -0.1) is 0 Å². The molecule has 1 heterocycles. The first kappa shape index (κ1) is 16.6. The number of aryl methyl sites for hydroxylation is 2. The number of fused-ring (bicyclic) bond motifs is 1. The first-order valence-corrected chi connectivity index (χ1v) is 8.50. The van der Waals surface area contributed by atoms with E-state index in [1.165, 1.54) is 12.1 Å². The quantitative estimate of drug-likeness (QED) is 0.668. The zero-order valence-electron chi connectivity index (χ0n) is 13.2. The van der Waals surface area contributed by atoms with Crippen molar-refractivity contribution in [3.8, 4) is 0 Å². The van der Waals surface area contributed by atoms with Gasteiger partial charge in [0.15, 0.2) is 0 Å². The third-order valence-electron chi connectivity index (χ3n) is 3.81. The fourth-order valence-corrected chi connectivity index (χ4v) is 3.17. The van der Waals surface area contributed by atoms with E-state index in [9.17, 15) is 9.18 Å². The molecule has 4 nitrogen and oxygen atoms in total. The van der Waals surface area contributed by atoms with E-state index in [4.69, 9.17) is 0 Å². The van der Waals surface area contributed by atoms with Crippen LogP contribution in [0.25, 0.3) is 11.0 Å². The Balaban J connectivity index is 1.58. The van der Waals surface area contributed by atoms with E-state index in [-0.39, 0.29) is 5.91 Å². The molecule has 0 atom stereocenters. The Labute approximate surface area is 147 Å². The maximum atomic E-state index is 13.3. The molecule has 0 aliphatic carbocycles. The van der Waals surface area contributed by atoms with E-state index in [1.807, 2.05) is 31.2 Å². The van der Waals surface area contributed by atoms with Crippen LogP contribution in [0.2, 0.25) is 0 Å². The van der Waals surface area contributed by atoms with Crippen LogP contribution in [0.1, 0.15) is 22.6 Å². The van der Waals surface area contributed by atoms with Crippen LogP contribution < -0.4 is 5.32 Å². The predicted octanol–water partition coefficient (Wildman–Crippen LogP) is 4.07. The monoisotopic (exact) mass is 389 g/mol. The average molecular weight is 390 g/mol. The van der Waals surface area contributed by atoms with E-state index in [0.29, 0.717) is 16.6 Å². The fraction of sp³-hybridized carbons (Fsp3) is 0.222. The first-order chi connectivity index (χ1) is 11.5. The summed E-state index contributed by atoms with van der Waals surface area (Å²) in [5.74, 6) is 0.244. The summed E-state index contributed by atoms with van der Waals surface area (Å²) in [5, 5.41) is 2.82. The van der Waals surface area contributed by atoms with Crippen LogP contribution in [0.15, 0.2) is 46.9 Å². The van der Waals surface area contributed by atoms with Crippen molar-refractivity contribution in [2.75, 3.05) is 6.54 Å². The minimum atomic E-state index is -0.435. The molecule has 3 aromatic rings. The van der Waals surface area contributed by atoms with Gasteiger partial charge in [-0.25, -0.2) is 9.37 Å². The summed E-state index contributed by atoms with van der Waals surface area (Å²) in [7, 11) is 0. The van der Waals surface area contributed by atoms with E-state index in [0.717, 1.165) is 29.8 Å². The van der Waals surface area contributed by atoms with Crippen molar-refractivity contribution in [3.63, 3.8) is 0 Å². The Kier molecular flexibility index (Phi) is 4.94. The molecule has 1 amide bonds. The molecule has 3 rings (SSSR count). The highest BCUT2D eigenvalue weighted by atomic mass is 79.9. The molecule has 1 N–H and O–H groups in total. The summed E-state index contributed by atoms with van der Waals surface area (Å²) in [6.45, 7) is 3.25. The largest absolute Gasteiger partial charge is 0.352 e. The van der Waals surface area contributed by atoms with E-state index < -0.39 is 5.82 Å². The van der Waals surface area contributed by atoms with Gasteiger partial charge in [0, 0.05) is 23.1 Å². The van der Waals surface area contributed by atoms with Gasteiger partial charge in [0.1, 0.15) is 11.6 Å². The molecule has 24 heavy (non-hydrogen) atoms. The summed E-state index contributed by atoms with van der Waals surface area (Å²) in [5.41, 5.74) is 2.38. The highest BCUT2D eigenvalue weighted by Gasteiger charge is 2.09. The molecule has 0 bridgehead atoms. The lowest BCUT2D eigenvalue weighted by atomic mass is 10.2. The van der Waals surface area contributed by atoms with Crippen molar-refractivity contribution in [1.29, 1.82) is 0 Å². The van der Waals surface area contributed by atoms with Crippen LogP contribution in [-0.2, 0) is 6.54 Å². The minimum absolute atomic E-state index is 0.276. The highest BCUT2D eigenvalue weighted by molar-refractivity contribution is 9.10. The second kappa shape index (κ2) is 7.13. The Morgan fingerprint density at radius 2 is 2.08 bits per heavy atom.